The van der Waals surface area contributed by atoms with Crippen molar-refractivity contribution < 1.29 is 23.9 Å². The average Bonchev–Trinajstić information content (AvgIpc) is 3.17. The highest BCUT2D eigenvalue weighted by molar-refractivity contribution is 6.11. The Morgan fingerprint density at radius 3 is 2.73 bits per heavy atom. The summed E-state index contributed by atoms with van der Waals surface area (Å²) in [6.07, 6.45) is -0.246. The summed E-state index contributed by atoms with van der Waals surface area (Å²) in [7, 11) is 1.21. The van der Waals surface area contributed by atoms with Gasteiger partial charge in [0.25, 0.3) is 0 Å². The second kappa shape index (κ2) is 6.66. The number of benzene rings is 1. The molecule has 1 spiro atoms. The number of likely N-dealkylation sites (tertiary alicyclic amines) is 1. The summed E-state index contributed by atoms with van der Waals surface area (Å²) in [5, 5.41) is 2.34. The molecule has 0 aliphatic carbocycles. The molecule has 4 amide bonds. The van der Waals surface area contributed by atoms with Crippen molar-refractivity contribution in [1.29, 1.82) is 0 Å². The van der Waals surface area contributed by atoms with Gasteiger partial charge in [0.2, 0.25) is 17.7 Å². The largest absolute Gasteiger partial charge is 0.453 e. The number of hydrogen-bond donors (Lipinski definition) is 2. The standard InChI is InChI=1S/C17H20N4O5/c1-26-16(25)19-8-14(23)20-7-6-17(10-20)11-4-2-3-5-12(11)21(15(17)24)9-13(18)22/h2-5H,6-10H2,1H3,(H2,18,22)(H,19,25). The van der Waals surface area contributed by atoms with Crippen LogP contribution in [-0.2, 0) is 24.5 Å². The maximum absolute atomic E-state index is 13.1. The molecule has 2 aliphatic rings. The van der Waals surface area contributed by atoms with Crippen molar-refractivity contribution in [2.45, 2.75) is 11.8 Å². The molecule has 9 nitrogen and oxygen atoms in total. The fourth-order valence-electron chi connectivity index (χ4n) is 3.66. The van der Waals surface area contributed by atoms with E-state index in [-0.39, 0.29) is 31.4 Å². The SMILES string of the molecule is COC(=O)NCC(=O)N1CCC2(C1)C(=O)N(CC(N)=O)c1ccccc12. The van der Waals surface area contributed by atoms with Gasteiger partial charge in [-0.2, -0.15) is 0 Å². The van der Waals surface area contributed by atoms with Gasteiger partial charge in [-0.05, 0) is 18.1 Å². The first-order valence-electron chi connectivity index (χ1n) is 8.18. The lowest BCUT2D eigenvalue weighted by molar-refractivity contribution is -0.130. The molecule has 0 radical (unpaired) electrons. The zero-order valence-electron chi connectivity index (χ0n) is 14.4. The number of ether oxygens (including phenoxy) is 1. The van der Waals surface area contributed by atoms with Gasteiger partial charge in [0, 0.05) is 18.8 Å². The van der Waals surface area contributed by atoms with Crippen molar-refractivity contribution in [2.75, 3.05) is 38.2 Å². The first-order chi connectivity index (χ1) is 12.4. The number of para-hydroxylation sites is 1. The van der Waals surface area contributed by atoms with Crippen molar-refractivity contribution in [2.24, 2.45) is 5.73 Å². The lowest BCUT2D eigenvalue weighted by Crippen LogP contribution is -2.46. The topological polar surface area (TPSA) is 122 Å². The number of hydrogen-bond acceptors (Lipinski definition) is 5. The van der Waals surface area contributed by atoms with Crippen LogP contribution in [0.4, 0.5) is 10.5 Å². The number of rotatable bonds is 4. The number of nitrogens with zero attached hydrogens (tertiary/aromatic N) is 2. The van der Waals surface area contributed by atoms with E-state index in [1.54, 1.807) is 17.0 Å². The van der Waals surface area contributed by atoms with Crippen LogP contribution in [0.1, 0.15) is 12.0 Å². The van der Waals surface area contributed by atoms with E-state index in [0.29, 0.717) is 18.7 Å². The zero-order chi connectivity index (χ0) is 18.9. The molecule has 1 unspecified atom stereocenters. The Bertz CT molecular complexity index is 780. The summed E-state index contributed by atoms with van der Waals surface area (Å²) in [6.45, 7) is 0.172. The van der Waals surface area contributed by atoms with Crippen LogP contribution in [0.3, 0.4) is 0 Å². The van der Waals surface area contributed by atoms with Gasteiger partial charge in [-0.15, -0.1) is 0 Å². The van der Waals surface area contributed by atoms with Crippen LogP contribution < -0.4 is 16.0 Å². The first kappa shape index (κ1) is 17.7. The van der Waals surface area contributed by atoms with Crippen molar-refractivity contribution in [1.82, 2.24) is 10.2 Å². The molecular weight excluding hydrogens is 340 g/mol. The fraction of sp³-hybridized carbons (Fsp3) is 0.412. The van der Waals surface area contributed by atoms with Crippen LogP contribution >= 0.6 is 0 Å². The van der Waals surface area contributed by atoms with Crippen molar-refractivity contribution in [3.8, 4) is 0 Å². The summed E-state index contributed by atoms with van der Waals surface area (Å²) >= 11 is 0. The third-order valence-corrected chi connectivity index (χ3v) is 4.87. The van der Waals surface area contributed by atoms with E-state index in [1.165, 1.54) is 12.0 Å². The van der Waals surface area contributed by atoms with Crippen molar-refractivity contribution >= 4 is 29.5 Å². The third kappa shape index (κ3) is 2.85. The lowest BCUT2D eigenvalue weighted by atomic mass is 9.81. The van der Waals surface area contributed by atoms with Crippen LogP contribution in [-0.4, -0.2) is 62.0 Å². The predicted molar refractivity (Wildman–Crippen MR) is 91.3 cm³/mol. The van der Waals surface area contributed by atoms with Crippen LogP contribution in [0.25, 0.3) is 0 Å². The minimum atomic E-state index is -0.882. The summed E-state index contributed by atoms with van der Waals surface area (Å²) < 4.78 is 4.45. The van der Waals surface area contributed by atoms with Crippen LogP contribution in [0.15, 0.2) is 24.3 Å². The van der Waals surface area contributed by atoms with Crippen LogP contribution in [0.2, 0.25) is 0 Å². The second-order valence-electron chi connectivity index (χ2n) is 6.37. The van der Waals surface area contributed by atoms with Gasteiger partial charge in [0.05, 0.1) is 12.5 Å². The molecule has 1 atom stereocenters. The minimum Gasteiger partial charge on any atom is -0.453 e. The molecule has 3 rings (SSSR count). The number of nitrogens with one attached hydrogen (secondary N) is 1. The molecule has 2 aliphatic heterocycles. The lowest BCUT2D eigenvalue weighted by Gasteiger charge is -2.24. The van der Waals surface area contributed by atoms with E-state index in [0.717, 1.165) is 5.56 Å². The minimum absolute atomic E-state index is 0.194. The number of alkyl carbamates (subject to hydrolysis) is 1. The monoisotopic (exact) mass is 360 g/mol. The number of nitrogens with two attached hydrogens (primary N) is 1. The molecule has 1 saturated heterocycles. The molecule has 3 N–H and O–H groups in total. The predicted octanol–water partition coefficient (Wildman–Crippen LogP) is -0.655. The fourth-order valence-corrected chi connectivity index (χ4v) is 3.66. The number of amides is 4. The van der Waals surface area contributed by atoms with E-state index in [2.05, 4.69) is 10.1 Å². The van der Waals surface area contributed by atoms with E-state index in [9.17, 15) is 19.2 Å². The Kier molecular flexibility index (Phi) is 4.54. The Labute approximate surface area is 150 Å². The highest BCUT2D eigenvalue weighted by atomic mass is 16.5. The van der Waals surface area contributed by atoms with Crippen LogP contribution in [0, 0.1) is 0 Å². The average molecular weight is 360 g/mol. The maximum atomic E-state index is 13.1. The maximum Gasteiger partial charge on any atom is 0.407 e. The number of fused-ring (bicyclic) bond motifs is 2. The van der Waals surface area contributed by atoms with Crippen molar-refractivity contribution in [3.63, 3.8) is 0 Å². The van der Waals surface area contributed by atoms with Crippen molar-refractivity contribution in [3.05, 3.63) is 29.8 Å². The highest BCUT2D eigenvalue weighted by Crippen LogP contribution is 2.47. The molecule has 0 bridgehead atoms. The number of carbonyl (C=O) groups excluding carboxylic acids is 4. The summed E-state index contributed by atoms with van der Waals surface area (Å²) in [4.78, 5) is 50.9. The Hall–Kier alpha value is -3.10. The summed E-state index contributed by atoms with van der Waals surface area (Å²) in [5.74, 6) is -1.13. The van der Waals surface area contributed by atoms with E-state index in [4.69, 9.17) is 5.73 Å². The van der Waals surface area contributed by atoms with Gasteiger partial charge in [0.15, 0.2) is 0 Å². The molecule has 9 heteroatoms. The molecule has 0 saturated carbocycles. The van der Waals surface area contributed by atoms with E-state index < -0.39 is 17.4 Å². The van der Waals surface area contributed by atoms with Gasteiger partial charge in [-0.25, -0.2) is 4.79 Å². The molecule has 1 aromatic rings. The van der Waals surface area contributed by atoms with E-state index in [1.807, 2.05) is 12.1 Å². The molecule has 26 heavy (non-hydrogen) atoms. The Morgan fingerprint density at radius 2 is 2.04 bits per heavy atom. The molecule has 1 aromatic carbocycles. The summed E-state index contributed by atoms with van der Waals surface area (Å²) in [5.41, 5.74) is 5.85. The molecular formula is C17H20N4O5. The first-order valence-corrected chi connectivity index (χ1v) is 8.18. The normalized spacial score (nSPS) is 21.0. The second-order valence-corrected chi connectivity index (χ2v) is 6.37. The molecule has 138 valence electrons. The quantitative estimate of drug-likeness (QED) is 0.738. The Balaban J connectivity index is 1.82. The third-order valence-electron chi connectivity index (χ3n) is 4.87. The van der Waals surface area contributed by atoms with E-state index >= 15 is 0 Å². The highest BCUT2D eigenvalue weighted by Gasteiger charge is 2.55. The zero-order valence-corrected chi connectivity index (χ0v) is 14.4. The number of methoxy groups -OCH3 is 1. The van der Waals surface area contributed by atoms with Gasteiger partial charge < -0.3 is 25.6 Å². The molecule has 2 heterocycles. The smallest absolute Gasteiger partial charge is 0.407 e. The van der Waals surface area contributed by atoms with Gasteiger partial charge >= 0.3 is 6.09 Å². The number of anilines is 1. The molecule has 0 aromatic heterocycles. The van der Waals surface area contributed by atoms with Gasteiger partial charge in [-0.3, -0.25) is 14.4 Å². The van der Waals surface area contributed by atoms with Gasteiger partial charge in [-0.1, -0.05) is 18.2 Å². The molecule has 1 fully saturated rings. The van der Waals surface area contributed by atoms with Crippen LogP contribution in [0.5, 0.6) is 0 Å². The number of primary amides is 1. The summed E-state index contributed by atoms with van der Waals surface area (Å²) in [6, 6.07) is 7.23. The Morgan fingerprint density at radius 1 is 1.31 bits per heavy atom. The number of carbonyl (C=O) groups is 4. The van der Waals surface area contributed by atoms with Gasteiger partial charge in [0.1, 0.15) is 13.1 Å².